The minimum atomic E-state index is -0.234. The maximum atomic E-state index is 13.1. The molecule has 1 aromatic carbocycles. The summed E-state index contributed by atoms with van der Waals surface area (Å²) in [5.41, 5.74) is 3.28. The van der Waals surface area contributed by atoms with Crippen LogP contribution in [0.15, 0.2) is 54.9 Å². The number of piperidine rings is 1. The van der Waals surface area contributed by atoms with Crippen LogP contribution in [0.3, 0.4) is 0 Å². The highest BCUT2D eigenvalue weighted by atomic mass is 16.5. The number of carbonyl (C=O) groups is 1. The molecule has 1 amide bonds. The molecule has 1 unspecified atom stereocenters. The zero-order valence-corrected chi connectivity index (χ0v) is 21.7. The Kier molecular flexibility index (Phi) is 7.28. The summed E-state index contributed by atoms with van der Waals surface area (Å²) in [5.74, 6) is 2.25. The van der Waals surface area contributed by atoms with E-state index in [9.17, 15) is 4.79 Å². The second-order valence-electron chi connectivity index (χ2n) is 10.5. The van der Waals surface area contributed by atoms with Crippen molar-refractivity contribution in [3.63, 3.8) is 0 Å². The van der Waals surface area contributed by atoms with Crippen molar-refractivity contribution in [2.75, 3.05) is 30.3 Å². The molecular weight excluding hydrogens is 466 g/mol. The number of anilines is 2. The van der Waals surface area contributed by atoms with Crippen LogP contribution in [0.5, 0.6) is 11.6 Å². The van der Waals surface area contributed by atoms with Crippen LogP contribution in [0, 0.1) is 5.92 Å². The number of hydrogen-bond donors (Lipinski definition) is 3. The molecule has 2 aliphatic heterocycles. The lowest BCUT2D eigenvalue weighted by Gasteiger charge is -2.28. The highest BCUT2D eigenvalue weighted by Gasteiger charge is 2.31. The topological polar surface area (TPSA) is 97.4 Å². The summed E-state index contributed by atoms with van der Waals surface area (Å²) < 4.78 is 12.0. The van der Waals surface area contributed by atoms with E-state index in [1.165, 1.54) is 0 Å². The van der Waals surface area contributed by atoms with Crippen LogP contribution in [0.25, 0.3) is 0 Å². The van der Waals surface area contributed by atoms with Crippen molar-refractivity contribution in [1.29, 1.82) is 0 Å². The van der Waals surface area contributed by atoms with Crippen molar-refractivity contribution >= 4 is 17.4 Å². The first-order valence-corrected chi connectivity index (χ1v) is 13.0. The first-order valence-electron chi connectivity index (χ1n) is 13.0. The Morgan fingerprint density at radius 2 is 2.00 bits per heavy atom. The number of carbonyl (C=O) groups excluding carboxylic acids is 1. The molecule has 2 aromatic heterocycles. The van der Waals surface area contributed by atoms with Crippen LogP contribution in [-0.4, -0.2) is 41.7 Å². The average Bonchev–Trinajstić information content (AvgIpc) is 3.22. The zero-order valence-electron chi connectivity index (χ0n) is 21.7. The summed E-state index contributed by atoms with van der Waals surface area (Å²) >= 11 is 0. The fourth-order valence-electron chi connectivity index (χ4n) is 4.95. The number of ether oxygens (including phenoxy) is 2. The SMILES string of the molecule is CC(Oc1cc(CNc2ncccc2C(=O)Nc2ccc3c(c2)OCC3(C)C)ccn1)C1CCNCC1. The van der Waals surface area contributed by atoms with Gasteiger partial charge < -0.3 is 25.4 Å². The molecule has 0 bridgehead atoms. The molecule has 194 valence electrons. The van der Waals surface area contributed by atoms with Crippen molar-refractivity contribution in [2.45, 2.75) is 51.7 Å². The second-order valence-corrected chi connectivity index (χ2v) is 10.5. The van der Waals surface area contributed by atoms with Gasteiger partial charge in [-0.1, -0.05) is 19.9 Å². The van der Waals surface area contributed by atoms with Crippen molar-refractivity contribution in [3.05, 3.63) is 71.5 Å². The smallest absolute Gasteiger partial charge is 0.259 e. The Hall–Kier alpha value is -3.65. The van der Waals surface area contributed by atoms with Crippen molar-refractivity contribution < 1.29 is 14.3 Å². The maximum Gasteiger partial charge on any atom is 0.259 e. The van der Waals surface area contributed by atoms with Gasteiger partial charge in [0, 0.05) is 47.7 Å². The number of rotatable bonds is 8. The standard InChI is InChI=1S/C29H35N5O3/c1-19(21-9-12-30-13-10-21)37-26-15-20(8-14-31-26)17-33-27-23(5-4-11-32-27)28(35)34-22-6-7-24-25(16-22)36-18-29(24,2)3/h4-8,11,14-16,19,21,30H,9-10,12-13,17-18H2,1-3H3,(H,32,33)(H,34,35). The van der Waals surface area contributed by atoms with Crippen LogP contribution in [0.2, 0.25) is 0 Å². The molecule has 0 spiro atoms. The van der Waals surface area contributed by atoms with Crippen LogP contribution in [0.4, 0.5) is 11.5 Å². The minimum Gasteiger partial charge on any atom is -0.492 e. The number of pyridine rings is 2. The molecule has 0 saturated carbocycles. The lowest BCUT2D eigenvalue weighted by Crippen LogP contribution is -2.35. The second kappa shape index (κ2) is 10.8. The van der Waals surface area contributed by atoms with E-state index in [1.54, 1.807) is 24.5 Å². The molecule has 1 saturated heterocycles. The fourth-order valence-corrected chi connectivity index (χ4v) is 4.95. The summed E-state index contributed by atoms with van der Waals surface area (Å²) in [4.78, 5) is 21.9. The summed E-state index contributed by atoms with van der Waals surface area (Å²) in [6.07, 6.45) is 5.77. The fraction of sp³-hybridized carbons (Fsp3) is 0.414. The zero-order chi connectivity index (χ0) is 25.8. The number of hydrogen-bond acceptors (Lipinski definition) is 7. The number of nitrogens with zero attached hydrogens (tertiary/aromatic N) is 2. The van der Waals surface area contributed by atoms with E-state index >= 15 is 0 Å². The normalized spacial score (nSPS) is 17.4. The maximum absolute atomic E-state index is 13.1. The largest absolute Gasteiger partial charge is 0.492 e. The van der Waals surface area contributed by atoms with E-state index in [2.05, 4.69) is 46.7 Å². The molecule has 8 nitrogen and oxygen atoms in total. The van der Waals surface area contributed by atoms with Gasteiger partial charge in [0.25, 0.3) is 5.91 Å². The Morgan fingerprint density at radius 3 is 2.84 bits per heavy atom. The number of benzene rings is 1. The van der Waals surface area contributed by atoms with Crippen LogP contribution < -0.4 is 25.4 Å². The van der Waals surface area contributed by atoms with Crippen LogP contribution in [-0.2, 0) is 12.0 Å². The van der Waals surface area contributed by atoms with E-state index in [0.29, 0.717) is 42.0 Å². The molecule has 3 N–H and O–H groups in total. The quantitative estimate of drug-likeness (QED) is 0.409. The minimum absolute atomic E-state index is 0.0262. The molecule has 5 rings (SSSR count). The predicted octanol–water partition coefficient (Wildman–Crippen LogP) is 4.78. The molecule has 3 aromatic rings. The summed E-state index contributed by atoms with van der Waals surface area (Å²) in [5, 5.41) is 9.68. The summed E-state index contributed by atoms with van der Waals surface area (Å²) in [7, 11) is 0. The summed E-state index contributed by atoms with van der Waals surface area (Å²) in [6, 6.07) is 13.2. The number of fused-ring (bicyclic) bond motifs is 1. The third-order valence-electron chi connectivity index (χ3n) is 7.22. The Labute approximate surface area is 218 Å². The lowest BCUT2D eigenvalue weighted by atomic mass is 9.87. The number of nitrogens with one attached hydrogen (secondary N) is 3. The van der Waals surface area contributed by atoms with E-state index < -0.39 is 0 Å². The van der Waals surface area contributed by atoms with Gasteiger partial charge >= 0.3 is 0 Å². The first kappa shape index (κ1) is 25.0. The van der Waals surface area contributed by atoms with Gasteiger partial charge in [-0.3, -0.25) is 4.79 Å². The predicted molar refractivity (Wildman–Crippen MR) is 144 cm³/mol. The first-order chi connectivity index (χ1) is 17.9. The van der Waals surface area contributed by atoms with Gasteiger partial charge in [0.15, 0.2) is 0 Å². The van der Waals surface area contributed by atoms with Gasteiger partial charge in [-0.2, -0.15) is 0 Å². The Balaban J connectivity index is 1.22. The van der Waals surface area contributed by atoms with Gasteiger partial charge in [0.05, 0.1) is 12.2 Å². The molecule has 8 heteroatoms. The van der Waals surface area contributed by atoms with Crippen molar-refractivity contribution in [3.8, 4) is 11.6 Å². The van der Waals surface area contributed by atoms with E-state index in [-0.39, 0.29) is 17.4 Å². The van der Waals surface area contributed by atoms with Gasteiger partial charge in [-0.15, -0.1) is 0 Å². The van der Waals surface area contributed by atoms with Crippen molar-refractivity contribution in [1.82, 2.24) is 15.3 Å². The highest BCUT2D eigenvalue weighted by Crippen LogP contribution is 2.39. The molecule has 1 atom stereocenters. The van der Waals surface area contributed by atoms with E-state index in [1.807, 2.05) is 30.3 Å². The molecule has 2 aliphatic rings. The monoisotopic (exact) mass is 501 g/mol. The Morgan fingerprint density at radius 1 is 1.16 bits per heavy atom. The third-order valence-corrected chi connectivity index (χ3v) is 7.22. The lowest BCUT2D eigenvalue weighted by molar-refractivity contribution is 0.102. The van der Waals surface area contributed by atoms with Crippen molar-refractivity contribution in [2.24, 2.45) is 5.92 Å². The number of aromatic nitrogens is 2. The molecular formula is C29H35N5O3. The van der Waals surface area contributed by atoms with Gasteiger partial charge in [0.2, 0.25) is 5.88 Å². The molecule has 37 heavy (non-hydrogen) atoms. The summed E-state index contributed by atoms with van der Waals surface area (Å²) in [6.45, 7) is 9.61. The van der Waals surface area contributed by atoms with Gasteiger partial charge in [-0.05, 0) is 68.6 Å². The van der Waals surface area contributed by atoms with E-state index in [4.69, 9.17) is 9.47 Å². The molecule has 4 heterocycles. The highest BCUT2D eigenvalue weighted by molar-refractivity contribution is 6.07. The molecule has 1 fully saturated rings. The van der Waals surface area contributed by atoms with Crippen LogP contribution >= 0.6 is 0 Å². The Bertz CT molecular complexity index is 1260. The molecule has 0 radical (unpaired) electrons. The van der Waals surface area contributed by atoms with Gasteiger partial charge in [0.1, 0.15) is 17.7 Å². The average molecular weight is 502 g/mol. The number of amides is 1. The van der Waals surface area contributed by atoms with Gasteiger partial charge in [-0.25, -0.2) is 9.97 Å². The van der Waals surface area contributed by atoms with Crippen LogP contribution in [0.1, 0.15) is 55.1 Å². The third kappa shape index (κ3) is 5.85. The van der Waals surface area contributed by atoms with E-state index in [0.717, 1.165) is 42.8 Å². The molecule has 0 aliphatic carbocycles.